The Balaban J connectivity index is 0.000000243. The molecule has 0 radical (unpaired) electrons. The van der Waals surface area contributed by atoms with Crippen LogP contribution < -0.4 is 10.1 Å². The molecule has 1 heterocycles. The van der Waals surface area contributed by atoms with Crippen LogP contribution >= 0.6 is 20.2 Å². The number of nitrogens with zero attached hydrogens (tertiary/aromatic N) is 2. The molecule has 0 bridgehead atoms. The van der Waals surface area contributed by atoms with Crippen LogP contribution in [0.25, 0.3) is 0 Å². The predicted molar refractivity (Wildman–Crippen MR) is 162 cm³/mol. The number of ketones is 2. The van der Waals surface area contributed by atoms with Crippen LogP contribution in [0.1, 0.15) is 44.9 Å². The van der Waals surface area contributed by atoms with Crippen LogP contribution in [0.5, 0.6) is 0 Å². The molecule has 242 valence electrons. The van der Waals surface area contributed by atoms with Gasteiger partial charge in [-0.2, -0.15) is 9.90 Å². The second kappa shape index (κ2) is 16.5. The molecular weight excluding hydrogens is 720 g/mol. The molecule has 0 atom stereocenters. The molecular formula is C29H28F3IN2O10. The predicted octanol–water partition coefficient (Wildman–Crippen LogP) is 6.84. The maximum absolute atomic E-state index is 12.2. The van der Waals surface area contributed by atoms with E-state index in [4.69, 9.17) is 3.07 Å². The second-order valence-electron chi connectivity index (χ2n) is 8.55. The third kappa shape index (κ3) is 10.8. The first-order valence-corrected chi connectivity index (χ1v) is 16.6. The summed E-state index contributed by atoms with van der Waals surface area (Å²) < 4.78 is 51.3. The maximum atomic E-state index is 12.2. The van der Waals surface area contributed by atoms with Gasteiger partial charge in [-0.1, -0.05) is 0 Å². The number of halogens is 4. The standard InChI is InChI=1S/C11H10F3NO4.C10H11NO4.C8H7IO2/c1-7(16)8-3-5-9(6-4-8)15(10(17)18-2)19-11(12,13)14;1-7(12)8-3-5-9(6-4-8)11(14)10(13)15-2;1-9-7-5-3-2-4-6(7)8(10)11-9/h3-6H,1-2H3;3-6,14H,1-2H3;2-5H,1H3. The van der Waals surface area contributed by atoms with Crippen LogP contribution in [0.4, 0.5) is 34.1 Å². The number of hydrogen-bond acceptors (Lipinski definition) is 10. The molecule has 3 aromatic carbocycles. The van der Waals surface area contributed by atoms with E-state index in [1.807, 2.05) is 29.2 Å². The molecule has 16 heteroatoms. The first-order chi connectivity index (χ1) is 21.1. The van der Waals surface area contributed by atoms with Gasteiger partial charge in [0.2, 0.25) is 0 Å². The summed E-state index contributed by atoms with van der Waals surface area (Å²) in [5.74, 6) is -0.467. The van der Waals surface area contributed by atoms with E-state index in [1.165, 1.54) is 50.2 Å². The van der Waals surface area contributed by atoms with E-state index in [2.05, 4.69) is 14.3 Å². The summed E-state index contributed by atoms with van der Waals surface area (Å²) in [6.45, 7) is 2.74. The van der Waals surface area contributed by atoms with Crippen molar-refractivity contribution in [2.45, 2.75) is 20.2 Å². The molecule has 0 saturated heterocycles. The molecule has 2 amide bonds. The SMILES string of the molecule is CI1OC(=O)c2ccccc21.COC(=O)N(O)c1ccc(C(C)=O)cc1.COC(=O)N(OC(F)(F)F)c1ccc(C(C)=O)cc1. The first-order valence-electron chi connectivity index (χ1n) is 12.4. The molecule has 0 saturated carbocycles. The minimum atomic E-state index is -5.05. The van der Waals surface area contributed by atoms with Crippen LogP contribution in [-0.4, -0.2) is 60.4 Å². The Morgan fingerprint density at radius 2 is 1.24 bits per heavy atom. The van der Waals surface area contributed by atoms with Crippen molar-refractivity contribution < 1.29 is 59.7 Å². The maximum Gasteiger partial charge on any atom is 0.544 e. The van der Waals surface area contributed by atoms with Crippen molar-refractivity contribution in [1.29, 1.82) is 0 Å². The number of hydrogen-bond donors (Lipinski definition) is 1. The number of alkyl halides is 4. The second-order valence-corrected chi connectivity index (χ2v) is 12.6. The minimum Gasteiger partial charge on any atom is -0.451 e. The van der Waals surface area contributed by atoms with Gasteiger partial charge < -0.3 is 9.47 Å². The molecule has 45 heavy (non-hydrogen) atoms. The molecule has 0 fully saturated rings. The van der Waals surface area contributed by atoms with Gasteiger partial charge in [0.1, 0.15) is 0 Å². The fourth-order valence-corrected chi connectivity index (χ4v) is 6.30. The Hall–Kier alpha value is -4.55. The number of carbonyl (C=O) groups excluding carboxylic acids is 5. The van der Waals surface area contributed by atoms with Crippen molar-refractivity contribution in [3.63, 3.8) is 0 Å². The van der Waals surface area contributed by atoms with Crippen molar-refractivity contribution in [1.82, 2.24) is 0 Å². The van der Waals surface area contributed by atoms with Crippen LogP contribution in [0.15, 0.2) is 72.8 Å². The minimum absolute atomic E-state index is 0.0517. The Bertz CT molecular complexity index is 1520. The number of hydroxylamine groups is 2. The number of ether oxygens (including phenoxy) is 2. The van der Waals surface area contributed by atoms with E-state index in [1.54, 1.807) is 0 Å². The number of methoxy groups -OCH3 is 2. The van der Waals surface area contributed by atoms with Crippen molar-refractivity contribution >= 4 is 61.3 Å². The molecule has 3 aromatic rings. The molecule has 1 aliphatic heterocycles. The van der Waals surface area contributed by atoms with Crippen LogP contribution in [-0.2, 0) is 17.4 Å². The molecule has 0 aromatic heterocycles. The summed E-state index contributed by atoms with van der Waals surface area (Å²) in [6, 6.07) is 18.4. The topological polar surface area (TPSA) is 149 Å². The zero-order chi connectivity index (χ0) is 33.9. The number of rotatable bonds is 5. The fraction of sp³-hybridized carbons (Fsp3) is 0.207. The Kier molecular flexibility index (Phi) is 13.4. The number of benzene rings is 3. The molecule has 1 aliphatic rings. The van der Waals surface area contributed by atoms with Crippen molar-refractivity contribution in [3.8, 4) is 0 Å². The van der Waals surface area contributed by atoms with Crippen molar-refractivity contribution in [2.75, 3.05) is 29.3 Å². The van der Waals surface area contributed by atoms with Gasteiger partial charge in [-0.05, 0) is 62.4 Å². The van der Waals surface area contributed by atoms with Crippen LogP contribution in [0.2, 0.25) is 0 Å². The van der Waals surface area contributed by atoms with Gasteiger partial charge in [0.05, 0.1) is 25.6 Å². The average Bonchev–Trinajstić information content (AvgIpc) is 3.31. The van der Waals surface area contributed by atoms with E-state index in [-0.39, 0.29) is 34.0 Å². The molecule has 0 aliphatic carbocycles. The summed E-state index contributed by atoms with van der Waals surface area (Å²) in [7, 11) is 2.08. The summed E-state index contributed by atoms with van der Waals surface area (Å²) in [4.78, 5) is 60.8. The number of carbonyl (C=O) groups is 5. The van der Waals surface area contributed by atoms with E-state index in [0.717, 1.165) is 35.5 Å². The Labute approximate surface area is 263 Å². The number of amides is 2. The fourth-order valence-electron chi connectivity index (χ4n) is 3.29. The third-order valence-corrected chi connectivity index (χ3v) is 9.11. The van der Waals surface area contributed by atoms with Gasteiger partial charge in [0.15, 0.2) is 11.6 Å². The molecule has 0 unspecified atom stereocenters. The summed E-state index contributed by atoms with van der Waals surface area (Å²) in [5, 5.41) is 9.61. The van der Waals surface area contributed by atoms with E-state index >= 15 is 0 Å². The van der Waals surface area contributed by atoms with Gasteiger partial charge in [0.25, 0.3) is 0 Å². The van der Waals surface area contributed by atoms with Gasteiger partial charge >= 0.3 is 90.9 Å². The largest absolute Gasteiger partial charge is 0.544 e. The van der Waals surface area contributed by atoms with Crippen molar-refractivity contribution in [3.05, 3.63) is 93.1 Å². The molecule has 0 spiro atoms. The Morgan fingerprint density at radius 3 is 1.67 bits per heavy atom. The molecule has 1 N–H and O–H groups in total. The van der Waals surface area contributed by atoms with E-state index < -0.39 is 38.8 Å². The summed E-state index contributed by atoms with van der Waals surface area (Å²) in [5.41, 5.74) is 1.61. The van der Waals surface area contributed by atoms with Crippen LogP contribution in [0.3, 0.4) is 0 Å². The third-order valence-electron chi connectivity index (χ3n) is 5.48. The van der Waals surface area contributed by atoms with Gasteiger partial charge in [-0.25, -0.2) is 9.59 Å². The summed E-state index contributed by atoms with van der Waals surface area (Å²) >= 11 is -1.52. The van der Waals surface area contributed by atoms with Gasteiger partial charge in [0, 0.05) is 11.1 Å². The van der Waals surface area contributed by atoms with Gasteiger partial charge in [-0.3, -0.25) is 14.8 Å². The smallest absolute Gasteiger partial charge is 0.451 e. The van der Waals surface area contributed by atoms with E-state index in [9.17, 15) is 42.4 Å². The monoisotopic (exact) mass is 748 g/mol. The number of fused-ring (bicyclic) bond motifs is 1. The quantitative estimate of drug-likeness (QED) is 0.0967. The number of Topliss-reactive ketones (excluding diaryl/α,β-unsaturated/α-hetero) is 2. The zero-order valence-electron chi connectivity index (χ0n) is 24.5. The Morgan fingerprint density at radius 1 is 0.778 bits per heavy atom. The van der Waals surface area contributed by atoms with Crippen molar-refractivity contribution in [2.24, 2.45) is 0 Å². The average molecular weight is 748 g/mol. The van der Waals surface area contributed by atoms with Gasteiger partial charge in [-0.15, -0.1) is 18.2 Å². The molecule has 12 nitrogen and oxygen atoms in total. The normalized spacial score (nSPS) is 12.2. The first kappa shape index (κ1) is 36.6. The molecule has 4 rings (SSSR count). The van der Waals surface area contributed by atoms with Crippen LogP contribution in [0, 0.1) is 3.57 Å². The number of anilines is 2. The zero-order valence-corrected chi connectivity index (χ0v) is 26.6. The van der Waals surface area contributed by atoms with E-state index in [0.29, 0.717) is 16.2 Å². The summed E-state index contributed by atoms with van der Waals surface area (Å²) in [6.07, 6.45) is -7.27.